The molecule has 3 heteroatoms. The van der Waals surface area contributed by atoms with Gasteiger partial charge in [-0.2, -0.15) is 0 Å². The van der Waals surface area contributed by atoms with E-state index in [0.29, 0.717) is 6.61 Å². The van der Waals surface area contributed by atoms with Crippen LogP contribution in [-0.2, 0) is 11.3 Å². The second-order valence-corrected chi connectivity index (χ2v) is 3.74. The van der Waals surface area contributed by atoms with E-state index < -0.39 is 0 Å². The maximum Gasteiger partial charge on any atom is 0.124 e. The average Bonchev–Trinajstić information content (AvgIpc) is 2.74. The number of hydrogen-bond acceptors (Lipinski definition) is 3. The van der Waals surface area contributed by atoms with Crippen LogP contribution in [0.1, 0.15) is 12.0 Å². The first kappa shape index (κ1) is 10.5. The normalized spacial score (nSPS) is 20.5. The van der Waals surface area contributed by atoms with E-state index in [1.54, 1.807) is 0 Å². The van der Waals surface area contributed by atoms with Gasteiger partial charge in [0.2, 0.25) is 0 Å². The maximum absolute atomic E-state index is 5.89. The summed E-state index contributed by atoms with van der Waals surface area (Å²) in [4.78, 5) is 0. The molecule has 0 aromatic heterocycles. The second-order valence-electron chi connectivity index (χ2n) is 3.74. The Balaban J connectivity index is 2.05. The average molecular weight is 207 g/mol. The third-order valence-electron chi connectivity index (χ3n) is 2.52. The van der Waals surface area contributed by atoms with E-state index in [4.69, 9.17) is 9.47 Å². The van der Waals surface area contributed by atoms with Crippen LogP contribution in [0.25, 0.3) is 0 Å². The van der Waals surface area contributed by atoms with Gasteiger partial charge in [-0.3, -0.25) is 0 Å². The van der Waals surface area contributed by atoms with Gasteiger partial charge < -0.3 is 14.8 Å². The minimum absolute atomic E-state index is 0.225. The van der Waals surface area contributed by atoms with Gasteiger partial charge in [0, 0.05) is 18.5 Å². The summed E-state index contributed by atoms with van der Waals surface area (Å²) in [5.74, 6) is 0.974. The third kappa shape index (κ3) is 2.70. The molecule has 1 aromatic carbocycles. The molecule has 1 atom stereocenters. The summed E-state index contributed by atoms with van der Waals surface area (Å²) in [5, 5.41) is 3.14. The Kier molecular flexibility index (Phi) is 3.59. The molecule has 1 N–H and O–H groups in total. The van der Waals surface area contributed by atoms with E-state index in [1.807, 2.05) is 25.2 Å². The molecular weight excluding hydrogens is 190 g/mol. The summed E-state index contributed by atoms with van der Waals surface area (Å²) < 4.78 is 11.2. The monoisotopic (exact) mass is 207 g/mol. The van der Waals surface area contributed by atoms with Gasteiger partial charge in [-0.25, -0.2) is 0 Å². The number of ether oxygens (including phenoxy) is 2. The molecule has 0 radical (unpaired) electrons. The molecule has 15 heavy (non-hydrogen) atoms. The van der Waals surface area contributed by atoms with Crippen LogP contribution in [0.3, 0.4) is 0 Å². The Morgan fingerprint density at radius 1 is 1.47 bits per heavy atom. The van der Waals surface area contributed by atoms with Crippen LogP contribution in [-0.4, -0.2) is 26.4 Å². The first-order valence-electron chi connectivity index (χ1n) is 5.37. The highest BCUT2D eigenvalue weighted by molar-refractivity contribution is 5.33. The molecule has 0 amide bonds. The van der Waals surface area contributed by atoms with E-state index in [9.17, 15) is 0 Å². The predicted octanol–water partition coefficient (Wildman–Crippen LogP) is 1.57. The van der Waals surface area contributed by atoms with Crippen LogP contribution in [0.4, 0.5) is 0 Å². The molecule has 2 rings (SSSR count). The minimum Gasteiger partial charge on any atom is -0.488 e. The van der Waals surface area contributed by atoms with Crippen molar-refractivity contribution >= 4 is 0 Å². The highest BCUT2D eigenvalue weighted by Gasteiger charge is 2.18. The fraction of sp³-hybridized carbons (Fsp3) is 0.500. The first-order chi connectivity index (χ1) is 7.40. The van der Waals surface area contributed by atoms with E-state index in [1.165, 1.54) is 5.56 Å². The van der Waals surface area contributed by atoms with Crippen LogP contribution in [0.5, 0.6) is 5.75 Å². The maximum atomic E-state index is 5.89. The molecule has 1 unspecified atom stereocenters. The quantitative estimate of drug-likeness (QED) is 0.813. The third-order valence-corrected chi connectivity index (χ3v) is 2.52. The fourth-order valence-corrected chi connectivity index (χ4v) is 1.74. The zero-order valence-electron chi connectivity index (χ0n) is 9.03. The first-order valence-corrected chi connectivity index (χ1v) is 5.37. The lowest BCUT2D eigenvalue weighted by atomic mass is 10.2. The van der Waals surface area contributed by atoms with Crippen LogP contribution in [0.15, 0.2) is 24.3 Å². The van der Waals surface area contributed by atoms with Crippen LogP contribution >= 0.6 is 0 Å². The Morgan fingerprint density at radius 2 is 2.33 bits per heavy atom. The number of rotatable bonds is 4. The topological polar surface area (TPSA) is 30.5 Å². The Hall–Kier alpha value is -1.06. The van der Waals surface area contributed by atoms with Crippen molar-refractivity contribution in [1.29, 1.82) is 0 Å². The van der Waals surface area contributed by atoms with E-state index in [0.717, 1.165) is 25.3 Å². The smallest absolute Gasteiger partial charge is 0.124 e. The standard InChI is InChI=1S/C12H17NO2/c1-13-8-10-4-2-3-5-12(10)15-11-6-7-14-9-11/h2-5,11,13H,6-9H2,1H3. The van der Waals surface area contributed by atoms with Crippen LogP contribution in [0, 0.1) is 0 Å². The van der Waals surface area contributed by atoms with Crippen LogP contribution < -0.4 is 10.1 Å². The van der Waals surface area contributed by atoms with Crippen molar-refractivity contribution in [2.24, 2.45) is 0 Å². The summed E-state index contributed by atoms with van der Waals surface area (Å²) in [6, 6.07) is 8.14. The van der Waals surface area contributed by atoms with Crippen molar-refractivity contribution in [1.82, 2.24) is 5.32 Å². The van der Waals surface area contributed by atoms with Gasteiger partial charge in [-0.1, -0.05) is 18.2 Å². The largest absolute Gasteiger partial charge is 0.488 e. The summed E-state index contributed by atoms with van der Waals surface area (Å²) in [7, 11) is 1.94. The molecule has 0 spiro atoms. The molecule has 0 aliphatic carbocycles. The van der Waals surface area contributed by atoms with E-state index >= 15 is 0 Å². The van der Waals surface area contributed by atoms with Crippen molar-refractivity contribution in [2.75, 3.05) is 20.3 Å². The van der Waals surface area contributed by atoms with Crippen molar-refractivity contribution in [3.05, 3.63) is 29.8 Å². The lowest BCUT2D eigenvalue weighted by Crippen LogP contribution is -2.17. The van der Waals surface area contributed by atoms with Gasteiger partial charge in [0.25, 0.3) is 0 Å². The Bertz CT molecular complexity index is 308. The van der Waals surface area contributed by atoms with Gasteiger partial charge in [-0.05, 0) is 13.1 Å². The van der Waals surface area contributed by atoms with Gasteiger partial charge in [0.15, 0.2) is 0 Å². The molecule has 1 aromatic rings. The molecule has 1 aliphatic heterocycles. The molecule has 3 nitrogen and oxygen atoms in total. The molecule has 0 bridgehead atoms. The van der Waals surface area contributed by atoms with Crippen molar-refractivity contribution in [3.63, 3.8) is 0 Å². The number of hydrogen-bond donors (Lipinski definition) is 1. The molecule has 82 valence electrons. The molecule has 0 saturated carbocycles. The zero-order valence-corrected chi connectivity index (χ0v) is 9.03. The summed E-state index contributed by atoms with van der Waals surface area (Å²) in [6.07, 6.45) is 1.22. The van der Waals surface area contributed by atoms with Crippen LogP contribution in [0.2, 0.25) is 0 Å². The predicted molar refractivity (Wildman–Crippen MR) is 59.1 cm³/mol. The molecule has 1 saturated heterocycles. The lowest BCUT2D eigenvalue weighted by molar-refractivity contribution is 0.140. The number of para-hydroxylation sites is 1. The van der Waals surface area contributed by atoms with Gasteiger partial charge in [0.05, 0.1) is 13.2 Å². The molecule has 1 heterocycles. The van der Waals surface area contributed by atoms with Crippen molar-refractivity contribution in [2.45, 2.75) is 19.1 Å². The summed E-state index contributed by atoms with van der Waals surface area (Å²) in [6.45, 7) is 2.37. The lowest BCUT2D eigenvalue weighted by Gasteiger charge is -2.15. The van der Waals surface area contributed by atoms with E-state index in [-0.39, 0.29) is 6.10 Å². The number of nitrogens with one attached hydrogen (secondary N) is 1. The van der Waals surface area contributed by atoms with Crippen molar-refractivity contribution in [3.8, 4) is 5.75 Å². The minimum atomic E-state index is 0.225. The number of benzene rings is 1. The second kappa shape index (κ2) is 5.14. The highest BCUT2D eigenvalue weighted by atomic mass is 16.5. The SMILES string of the molecule is CNCc1ccccc1OC1CCOC1. The Morgan fingerprint density at radius 3 is 3.07 bits per heavy atom. The van der Waals surface area contributed by atoms with Crippen molar-refractivity contribution < 1.29 is 9.47 Å². The zero-order chi connectivity index (χ0) is 10.5. The van der Waals surface area contributed by atoms with Gasteiger partial charge in [-0.15, -0.1) is 0 Å². The summed E-state index contributed by atoms with van der Waals surface area (Å²) >= 11 is 0. The molecular formula is C12H17NO2. The van der Waals surface area contributed by atoms with E-state index in [2.05, 4.69) is 11.4 Å². The molecule has 1 aliphatic rings. The van der Waals surface area contributed by atoms with Gasteiger partial charge in [0.1, 0.15) is 11.9 Å². The summed E-state index contributed by atoms with van der Waals surface area (Å²) in [5.41, 5.74) is 1.20. The molecule has 1 fully saturated rings. The fourth-order valence-electron chi connectivity index (χ4n) is 1.74. The van der Waals surface area contributed by atoms with Gasteiger partial charge >= 0.3 is 0 Å². The highest BCUT2D eigenvalue weighted by Crippen LogP contribution is 2.21. The Labute approximate surface area is 90.4 Å².